The molecule has 1 N–H and O–H groups in total. The van der Waals surface area contributed by atoms with Crippen LogP contribution in [0.1, 0.15) is 43.4 Å². The Bertz CT molecular complexity index is 956. The van der Waals surface area contributed by atoms with Crippen LogP contribution in [0.3, 0.4) is 0 Å². The number of hydrogen-bond donors (Lipinski definition) is 1. The van der Waals surface area contributed by atoms with Crippen LogP contribution in [0.4, 0.5) is 0 Å². The predicted octanol–water partition coefficient (Wildman–Crippen LogP) is 3.67. The summed E-state index contributed by atoms with van der Waals surface area (Å²) in [6.07, 6.45) is 2.12. The summed E-state index contributed by atoms with van der Waals surface area (Å²) in [4.78, 5) is 13.2. The van der Waals surface area contributed by atoms with E-state index in [1.54, 1.807) is 24.3 Å². The molecule has 0 radical (unpaired) electrons. The van der Waals surface area contributed by atoms with E-state index < -0.39 is 10.0 Å². The van der Waals surface area contributed by atoms with Gasteiger partial charge in [-0.3, -0.25) is 4.79 Å². The van der Waals surface area contributed by atoms with Crippen LogP contribution in [-0.4, -0.2) is 38.8 Å². The zero-order valence-corrected chi connectivity index (χ0v) is 18.6. The fourth-order valence-corrected chi connectivity index (χ4v) is 5.30. The van der Waals surface area contributed by atoms with Crippen LogP contribution in [0.2, 0.25) is 0 Å². The number of rotatable bonds is 7. The molecule has 2 aromatic rings. The number of aryl methyl sites for hydroxylation is 1. The summed E-state index contributed by atoms with van der Waals surface area (Å²) in [5.74, 6) is 0.162. The molecule has 0 aromatic heterocycles. The first-order valence-corrected chi connectivity index (χ1v) is 11.8. The highest BCUT2D eigenvalue weighted by molar-refractivity contribution is 7.89. The van der Waals surface area contributed by atoms with Crippen molar-refractivity contribution in [2.45, 2.75) is 44.0 Å². The third kappa shape index (κ3) is 5.02. The molecule has 0 saturated carbocycles. The van der Waals surface area contributed by atoms with Crippen LogP contribution in [0, 0.1) is 12.8 Å². The van der Waals surface area contributed by atoms with Crippen LogP contribution in [0.5, 0.6) is 5.75 Å². The van der Waals surface area contributed by atoms with Gasteiger partial charge in [-0.25, -0.2) is 8.42 Å². The summed E-state index contributed by atoms with van der Waals surface area (Å²) in [6.45, 7) is 4.69. The van der Waals surface area contributed by atoms with Gasteiger partial charge in [-0.05, 0) is 56.0 Å². The number of ether oxygens (including phenoxy) is 1. The number of carbonyl (C=O) groups is 1. The molecule has 1 saturated heterocycles. The van der Waals surface area contributed by atoms with Crippen molar-refractivity contribution >= 4 is 15.9 Å². The maximum absolute atomic E-state index is 13.0. The summed E-state index contributed by atoms with van der Waals surface area (Å²) >= 11 is 0. The van der Waals surface area contributed by atoms with Gasteiger partial charge in [0.15, 0.2) is 0 Å². The first-order valence-electron chi connectivity index (χ1n) is 10.4. The second kappa shape index (κ2) is 9.62. The Morgan fingerprint density at radius 1 is 1.17 bits per heavy atom. The molecule has 0 unspecified atom stereocenters. The monoisotopic (exact) mass is 430 g/mol. The third-order valence-electron chi connectivity index (χ3n) is 5.66. The zero-order valence-electron chi connectivity index (χ0n) is 17.8. The van der Waals surface area contributed by atoms with Gasteiger partial charge >= 0.3 is 0 Å². The van der Waals surface area contributed by atoms with Crippen molar-refractivity contribution in [2.24, 2.45) is 5.92 Å². The molecule has 1 aliphatic rings. The van der Waals surface area contributed by atoms with Gasteiger partial charge in [0, 0.05) is 13.1 Å². The molecule has 7 heteroatoms. The van der Waals surface area contributed by atoms with Gasteiger partial charge in [0.25, 0.3) is 0 Å². The summed E-state index contributed by atoms with van der Waals surface area (Å²) in [5, 5.41) is 3.12. The number of benzene rings is 2. The number of carbonyl (C=O) groups excluding carboxylic acids is 1. The molecule has 0 aliphatic carbocycles. The van der Waals surface area contributed by atoms with Crippen molar-refractivity contribution < 1.29 is 17.9 Å². The Hall–Kier alpha value is -2.38. The van der Waals surface area contributed by atoms with Crippen LogP contribution in [-0.2, 0) is 14.8 Å². The van der Waals surface area contributed by atoms with E-state index in [0.717, 1.165) is 12.0 Å². The second-order valence-electron chi connectivity index (χ2n) is 7.76. The molecule has 1 heterocycles. The van der Waals surface area contributed by atoms with E-state index in [4.69, 9.17) is 4.74 Å². The van der Waals surface area contributed by atoms with Gasteiger partial charge in [0.05, 0.1) is 24.0 Å². The molecule has 30 heavy (non-hydrogen) atoms. The topological polar surface area (TPSA) is 75.7 Å². The van der Waals surface area contributed by atoms with Crippen LogP contribution in [0.15, 0.2) is 53.4 Å². The van der Waals surface area contributed by atoms with Gasteiger partial charge in [0.2, 0.25) is 15.9 Å². The second-order valence-corrected chi connectivity index (χ2v) is 9.70. The highest BCUT2D eigenvalue weighted by Gasteiger charge is 2.34. The van der Waals surface area contributed by atoms with E-state index in [9.17, 15) is 13.2 Å². The van der Waals surface area contributed by atoms with Gasteiger partial charge in [-0.15, -0.1) is 0 Å². The molecule has 162 valence electrons. The fraction of sp³-hybridized carbons (Fsp3) is 0.435. The molecule has 3 rings (SSSR count). The number of nitrogens with one attached hydrogen (secondary N) is 1. The number of methoxy groups -OCH3 is 1. The van der Waals surface area contributed by atoms with Gasteiger partial charge in [-0.2, -0.15) is 4.31 Å². The molecule has 1 amide bonds. The standard InChI is InChI=1S/C23H30N2O4S/c1-4-22(18-9-7-17(2)8-10-18)24-23(26)19-6-5-15-25(16-19)30(27,28)21-13-11-20(29-3)12-14-21/h7-14,19,22H,4-6,15-16H2,1-3H3,(H,24,26)/t19-,22+/m0/s1. The minimum atomic E-state index is -3.65. The van der Waals surface area contributed by atoms with Crippen molar-refractivity contribution in [3.63, 3.8) is 0 Å². The third-order valence-corrected chi connectivity index (χ3v) is 7.54. The largest absolute Gasteiger partial charge is 0.497 e. The van der Waals surface area contributed by atoms with Crippen molar-refractivity contribution in [3.05, 3.63) is 59.7 Å². The highest BCUT2D eigenvalue weighted by atomic mass is 32.2. The minimum Gasteiger partial charge on any atom is -0.497 e. The normalized spacial score (nSPS) is 18.6. The van der Waals surface area contributed by atoms with E-state index in [-0.39, 0.29) is 29.3 Å². The van der Waals surface area contributed by atoms with Gasteiger partial charge < -0.3 is 10.1 Å². The maximum Gasteiger partial charge on any atom is 0.243 e. The Kier molecular flexibility index (Phi) is 7.15. The van der Waals surface area contributed by atoms with E-state index in [2.05, 4.69) is 5.32 Å². The summed E-state index contributed by atoms with van der Waals surface area (Å²) in [7, 11) is -2.11. The lowest BCUT2D eigenvalue weighted by Crippen LogP contribution is -2.46. The van der Waals surface area contributed by atoms with Crippen molar-refractivity contribution in [2.75, 3.05) is 20.2 Å². The number of piperidine rings is 1. The summed E-state index contributed by atoms with van der Waals surface area (Å²) in [5.41, 5.74) is 2.24. The lowest BCUT2D eigenvalue weighted by Gasteiger charge is -2.32. The fourth-order valence-electron chi connectivity index (χ4n) is 3.78. The first-order chi connectivity index (χ1) is 14.3. The molecule has 1 aliphatic heterocycles. The average Bonchev–Trinajstić information content (AvgIpc) is 2.78. The lowest BCUT2D eigenvalue weighted by atomic mass is 9.97. The Morgan fingerprint density at radius 2 is 1.83 bits per heavy atom. The molecule has 0 spiro atoms. The SMILES string of the molecule is CC[C@@H](NC(=O)[C@H]1CCCN(S(=O)(=O)c2ccc(OC)cc2)C1)c1ccc(C)cc1. The number of nitrogens with zero attached hydrogens (tertiary/aromatic N) is 1. The van der Waals surface area contributed by atoms with Crippen LogP contribution < -0.4 is 10.1 Å². The van der Waals surface area contributed by atoms with E-state index >= 15 is 0 Å². The maximum atomic E-state index is 13.0. The molecule has 0 bridgehead atoms. The van der Waals surface area contributed by atoms with Gasteiger partial charge in [0.1, 0.15) is 5.75 Å². The van der Waals surface area contributed by atoms with Crippen LogP contribution in [0.25, 0.3) is 0 Å². The molecule has 1 fully saturated rings. The minimum absolute atomic E-state index is 0.0772. The predicted molar refractivity (Wildman–Crippen MR) is 117 cm³/mol. The number of amides is 1. The summed E-state index contributed by atoms with van der Waals surface area (Å²) in [6, 6.07) is 14.4. The van der Waals surface area contributed by atoms with Crippen molar-refractivity contribution in [3.8, 4) is 5.75 Å². The number of hydrogen-bond acceptors (Lipinski definition) is 4. The van der Waals surface area contributed by atoms with Crippen LogP contribution >= 0.6 is 0 Å². The summed E-state index contributed by atoms with van der Waals surface area (Å²) < 4.78 is 32.6. The quantitative estimate of drug-likeness (QED) is 0.727. The molecule has 6 nitrogen and oxygen atoms in total. The lowest BCUT2D eigenvalue weighted by molar-refractivity contribution is -0.126. The molecule has 2 aromatic carbocycles. The smallest absolute Gasteiger partial charge is 0.243 e. The van der Waals surface area contributed by atoms with E-state index in [0.29, 0.717) is 25.1 Å². The zero-order chi connectivity index (χ0) is 21.7. The molecular formula is C23H30N2O4S. The molecule has 2 atom stereocenters. The van der Waals surface area contributed by atoms with E-state index in [1.807, 2.05) is 38.1 Å². The van der Waals surface area contributed by atoms with Crippen molar-refractivity contribution in [1.82, 2.24) is 9.62 Å². The van der Waals surface area contributed by atoms with Crippen molar-refractivity contribution in [1.29, 1.82) is 0 Å². The highest BCUT2D eigenvalue weighted by Crippen LogP contribution is 2.26. The molecular weight excluding hydrogens is 400 g/mol. The average molecular weight is 431 g/mol. The Labute approximate surface area is 179 Å². The van der Waals surface area contributed by atoms with E-state index in [1.165, 1.54) is 17.0 Å². The first kappa shape index (κ1) is 22.3. The van der Waals surface area contributed by atoms with Gasteiger partial charge in [-0.1, -0.05) is 36.8 Å². The Balaban J connectivity index is 1.69. The number of sulfonamides is 1. The Morgan fingerprint density at radius 3 is 2.43 bits per heavy atom.